The van der Waals surface area contributed by atoms with Gasteiger partial charge < -0.3 is 23.8 Å². The third kappa shape index (κ3) is 6.57. The van der Waals surface area contributed by atoms with Gasteiger partial charge in [0, 0.05) is 35.3 Å². The highest BCUT2D eigenvalue weighted by Crippen LogP contribution is 2.47. The quantitative estimate of drug-likeness (QED) is 0.251. The smallest absolute Gasteiger partial charge is 0.338 e. The highest BCUT2D eigenvalue weighted by Gasteiger charge is 2.49. The van der Waals surface area contributed by atoms with Gasteiger partial charge in [0.15, 0.2) is 0 Å². The average molecular weight is 566 g/mol. The van der Waals surface area contributed by atoms with E-state index in [1.807, 2.05) is 26.1 Å². The van der Waals surface area contributed by atoms with Crippen LogP contribution in [0.4, 0.5) is 0 Å². The zero-order valence-corrected chi connectivity index (χ0v) is 25.4. The van der Waals surface area contributed by atoms with Crippen LogP contribution >= 0.6 is 0 Å². The number of epoxide rings is 1. The first-order valence-electron chi connectivity index (χ1n) is 14.4. The molecule has 0 aromatic heterocycles. The van der Waals surface area contributed by atoms with Gasteiger partial charge in [0.2, 0.25) is 0 Å². The Hall–Kier alpha value is -3.43. The molecular weight excluding hydrogens is 522 g/mol. The standard InChI is InChI=1S/C32H43N3O6/c1-9-20(16-33-18-34-19(4)30(36)39-10-2)23-12-21-13-28(32(5,6)7)35-17-24(31(37)40-11-3)29-27(41-29)15-25(35)22(21)14-26(23)38-8/h9,12,14-17,19,27-29,34H,10-11,13,18H2,1-8H3/b20-9+,33-16?/t19?,27-,28?,29?/m1/s1. The lowest BCUT2D eigenvalue weighted by Gasteiger charge is -2.45. The van der Waals surface area contributed by atoms with Crippen LogP contribution in [0.25, 0.3) is 11.3 Å². The Balaban J connectivity index is 1.69. The normalized spacial score (nSPS) is 22.5. The predicted octanol–water partition coefficient (Wildman–Crippen LogP) is 4.51. The second kappa shape index (κ2) is 12.6. The number of rotatable bonds is 10. The number of carbonyl (C=O) groups is 2. The number of ether oxygens (including phenoxy) is 4. The Morgan fingerprint density at radius 2 is 1.95 bits per heavy atom. The van der Waals surface area contributed by atoms with Crippen LogP contribution in [-0.4, -0.2) is 74.3 Å². The van der Waals surface area contributed by atoms with Crippen LogP contribution in [0.15, 0.2) is 41.1 Å². The molecule has 1 N–H and O–H groups in total. The van der Waals surface area contributed by atoms with Crippen molar-refractivity contribution in [2.75, 3.05) is 27.0 Å². The molecule has 3 heterocycles. The molecule has 4 rings (SSSR count). The molecule has 0 spiro atoms. The van der Waals surface area contributed by atoms with Crippen molar-refractivity contribution in [1.29, 1.82) is 0 Å². The van der Waals surface area contributed by atoms with E-state index in [0.29, 0.717) is 18.8 Å². The summed E-state index contributed by atoms with van der Waals surface area (Å²) in [5.41, 5.74) is 5.58. The first-order valence-corrected chi connectivity index (χ1v) is 14.4. The highest BCUT2D eigenvalue weighted by atomic mass is 16.6. The Morgan fingerprint density at radius 3 is 2.59 bits per heavy atom. The molecule has 1 aromatic carbocycles. The van der Waals surface area contributed by atoms with Crippen LogP contribution in [0.2, 0.25) is 0 Å². The van der Waals surface area contributed by atoms with Crippen LogP contribution in [0, 0.1) is 5.41 Å². The number of aliphatic imine (C=N–C) groups is 1. The van der Waals surface area contributed by atoms with Gasteiger partial charge in [-0.3, -0.25) is 15.1 Å². The molecule has 222 valence electrons. The number of esters is 2. The first-order chi connectivity index (χ1) is 19.5. The van der Waals surface area contributed by atoms with Gasteiger partial charge in [0.1, 0.15) is 24.0 Å². The van der Waals surface area contributed by atoms with Gasteiger partial charge in [-0.2, -0.15) is 0 Å². The van der Waals surface area contributed by atoms with Crippen LogP contribution in [-0.2, 0) is 30.2 Å². The van der Waals surface area contributed by atoms with Gasteiger partial charge in [-0.05, 0) is 68.9 Å². The van der Waals surface area contributed by atoms with Crippen molar-refractivity contribution in [3.05, 3.63) is 52.7 Å². The largest absolute Gasteiger partial charge is 0.496 e. The predicted molar refractivity (Wildman–Crippen MR) is 159 cm³/mol. The Kier molecular flexibility index (Phi) is 9.39. The fraction of sp³-hybridized carbons (Fsp3) is 0.531. The summed E-state index contributed by atoms with van der Waals surface area (Å²) >= 11 is 0. The SMILES string of the molecule is C/C=C(\C=NCNC(C)C(=O)OCC)c1cc2c(cc1OC)C1=C[C@H]3OC3C(C(=O)OCC)=CN1C(C(C)(C)C)C2. The van der Waals surface area contributed by atoms with E-state index < -0.39 is 6.04 Å². The van der Waals surface area contributed by atoms with E-state index in [2.05, 4.69) is 54.2 Å². The van der Waals surface area contributed by atoms with E-state index in [1.54, 1.807) is 27.2 Å². The summed E-state index contributed by atoms with van der Waals surface area (Å²) in [6.07, 6.45) is 8.18. The summed E-state index contributed by atoms with van der Waals surface area (Å²) in [5.74, 6) is 0.0928. The molecular formula is C32H43N3O6. The maximum atomic E-state index is 12.8. The number of nitrogens with one attached hydrogen (secondary N) is 1. The fourth-order valence-corrected chi connectivity index (χ4v) is 5.35. The zero-order chi connectivity index (χ0) is 29.9. The number of hydrogen-bond acceptors (Lipinski definition) is 9. The number of nitrogens with zero attached hydrogens (tertiary/aromatic N) is 2. The summed E-state index contributed by atoms with van der Waals surface area (Å²) in [5, 5.41) is 3.07. The van der Waals surface area contributed by atoms with Crippen LogP contribution in [0.5, 0.6) is 5.75 Å². The number of fused-ring (bicyclic) bond motifs is 4. The van der Waals surface area contributed by atoms with Crippen LogP contribution in [0.1, 0.15) is 65.2 Å². The maximum absolute atomic E-state index is 12.8. The lowest BCUT2D eigenvalue weighted by Crippen LogP contribution is -2.45. The molecule has 0 amide bonds. The van der Waals surface area contributed by atoms with E-state index in [1.165, 1.54) is 5.56 Å². The van der Waals surface area contributed by atoms with Crippen molar-refractivity contribution < 1.29 is 28.5 Å². The average Bonchev–Trinajstić information content (AvgIpc) is 3.71. The molecule has 0 aliphatic carbocycles. The third-order valence-electron chi connectivity index (χ3n) is 7.65. The molecule has 0 bridgehead atoms. The van der Waals surface area contributed by atoms with Gasteiger partial charge in [0.25, 0.3) is 0 Å². The minimum atomic E-state index is -0.446. The number of benzene rings is 1. The van der Waals surface area contributed by atoms with Crippen molar-refractivity contribution in [3.8, 4) is 5.75 Å². The van der Waals surface area contributed by atoms with E-state index in [9.17, 15) is 9.59 Å². The fourth-order valence-electron chi connectivity index (χ4n) is 5.35. The second-order valence-corrected chi connectivity index (χ2v) is 11.5. The summed E-state index contributed by atoms with van der Waals surface area (Å²) in [7, 11) is 1.66. The Labute approximate surface area is 243 Å². The molecule has 1 fully saturated rings. The maximum Gasteiger partial charge on any atom is 0.338 e. The van der Waals surface area contributed by atoms with E-state index in [-0.39, 0.29) is 42.3 Å². The molecule has 0 radical (unpaired) electrons. The van der Waals surface area contributed by atoms with Crippen molar-refractivity contribution in [1.82, 2.24) is 10.2 Å². The topological polar surface area (TPSA) is 102 Å². The molecule has 1 aromatic rings. The monoisotopic (exact) mass is 565 g/mol. The molecule has 3 aliphatic rings. The second-order valence-electron chi connectivity index (χ2n) is 11.5. The summed E-state index contributed by atoms with van der Waals surface area (Å²) in [4.78, 5) is 31.5. The molecule has 3 unspecified atom stereocenters. The number of allylic oxidation sites excluding steroid dienone is 2. The van der Waals surface area contributed by atoms with E-state index >= 15 is 0 Å². The lowest BCUT2D eigenvalue weighted by molar-refractivity contribution is -0.145. The summed E-state index contributed by atoms with van der Waals surface area (Å²) in [6.45, 7) is 14.9. The van der Waals surface area contributed by atoms with Gasteiger partial charge in [-0.1, -0.05) is 26.8 Å². The third-order valence-corrected chi connectivity index (χ3v) is 7.65. The molecule has 1 saturated heterocycles. The minimum absolute atomic E-state index is 0.0886. The lowest BCUT2D eigenvalue weighted by atomic mass is 9.77. The number of hydrogen-bond donors (Lipinski definition) is 1. The molecule has 9 heteroatoms. The molecule has 3 aliphatic heterocycles. The molecule has 41 heavy (non-hydrogen) atoms. The minimum Gasteiger partial charge on any atom is -0.496 e. The zero-order valence-electron chi connectivity index (χ0n) is 25.4. The van der Waals surface area contributed by atoms with E-state index in [4.69, 9.17) is 18.9 Å². The number of methoxy groups -OCH3 is 1. The molecule has 0 saturated carbocycles. The summed E-state index contributed by atoms with van der Waals surface area (Å²) in [6, 6.07) is 3.91. The van der Waals surface area contributed by atoms with Gasteiger partial charge in [-0.15, -0.1) is 0 Å². The Bertz CT molecular complexity index is 1290. The molecule has 9 nitrogen and oxygen atoms in total. The first kappa shape index (κ1) is 30.5. The highest BCUT2D eigenvalue weighted by molar-refractivity contribution is 6.11. The molecule has 4 atom stereocenters. The van der Waals surface area contributed by atoms with Crippen molar-refractivity contribution >= 4 is 29.4 Å². The van der Waals surface area contributed by atoms with Gasteiger partial charge >= 0.3 is 11.9 Å². The van der Waals surface area contributed by atoms with Crippen molar-refractivity contribution in [3.63, 3.8) is 0 Å². The van der Waals surface area contributed by atoms with Crippen LogP contribution < -0.4 is 10.1 Å². The van der Waals surface area contributed by atoms with E-state index in [0.717, 1.165) is 34.6 Å². The number of carbonyl (C=O) groups excluding carboxylic acids is 2. The van der Waals surface area contributed by atoms with Crippen molar-refractivity contribution in [2.24, 2.45) is 10.4 Å². The van der Waals surface area contributed by atoms with Crippen LogP contribution in [0.3, 0.4) is 0 Å². The van der Waals surface area contributed by atoms with Gasteiger partial charge in [0.05, 0.1) is 32.6 Å². The summed E-state index contributed by atoms with van der Waals surface area (Å²) < 4.78 is 22.2. The van der Waals surface area contributed by atoms with Crippen molar-refractivity contribution in [2.45, 2.75) is 79.2 Å². The Morgan fingerprint density at radius 1 is 1.22 bits per heavy atom. The van der Waals surface area contributed by atoms with Gasteiger partial charge in [-0.25, -0.2) is 4.79 Å².